The first-order valence-corrected chi connectivity index (χ1v) is 7.13. The minimum absolute atomic E-state index is 0.770. The largest absolute Gasteiger partial charge is 0.370 e. The molecule has 1 heterocycles. The monoisotopic (exact) mass is 270 g/mol. The number of benzene rings is 1. The molecule has 4 heteroatoms. The van der Waals surface area contributed by atoms with Gasteiger partial charge in [-0.3, -0.25) is 0 Å². The van der Waals surface area contributed by atoms with E-state index < -0.39 is 0 Å². The van der Waals surface area contributed by atoms with Gasteiger partial charge in [-0.1, -0.05) is 43.2 Å². The number of rotatable bonds is 7. The van der Waals surface area contributed by atoms with Crippen molar-refractivity contribution in [2.75, 3.05) is 17.2 Å². The van der Waals surface area contributed by atoms with Gasteiger partial charge in [0.2, 0.25) is 0 Å². The molecule has 2 N–H and O–H groups in total. The molecule has 106 valence electrons. The zero-order chi connectivity index (χ0) is 14.2. The summed E-state index contributed by atoms with van der Waals surface area (Å²) in [6.07, 6.45) is 3.92. The van der Waals surface area contributed by atoms with E-state index in [1.165, 1.54) is 17.5 Å². The van der Waals surface area contributed by atoms with E-state index in [1.807, 2.05) is 6.07 Å². The third kappa shape index (κ3) is 4.53. The summed E-state index contributed by atoms with van der Waals surface area (Å²) in [5.41, 5.74) is 2.52. The van der Waals surface area contributed by atoms with Crippen molar-refractivity contribution in [2.24, 2.45) is 0 Å². The van der Waals surface area contributed by atoms with Crippen LogP contribution in [0.25, 0.3) is 0 Å². The molecule has 0 aliphatic rings. The van der Waals surface area contributed by atoms with Crippen LogP contribution in [0.3, 0.4) is 0 Å². The zero-order valence-corrected chi connectivity index (χ0v) is 12.2. The van der Waals surface area contributed by atoms with Crippen LogP contribution in [-0.4, -0.2) is 16.5 Å². The van der Waals surface area contributed by atoms with E-state index >= 15 is 0 Å². The lowest BCUT2D eigenvalue weighted by Crippen LogP contribution is -2.06. The van der Waals surface area contributed by atoms with Gasteiger partial charge in [0.15, 0.2) is 0 Å². The van der Waals surface area contributed by atoms with Crippen LogP contribution in [-0.2, 0) is 6.54 Å². The van der Waals surface area contributed by atoms with Crippen LogP contribution in [0.4, 0.5) is 11.6 Å². The van der Waals surface area contributed by atoms with Crippen molar-refractivity contribution in [3.05, 3.63) is 47.8 Å². The molecule has 0 fully saturated rings. The molecule has 0 aliphatic carbocycles. The molecule has 0 bridgehead atoms. The second kappa shape index (κ2) is 7.48. The average molecular weight is 270 g/mol. The highest BCUT2D eigenvalue weighted by atomic mass is 15.1. The number of aryl methyl sites for hydroxylation is 1. The van der Waals surface area contributed by atoms with Crippen molar-refractivity contribution < 1.29 is 0 Å². The number of hydrogen-bond acceptors (Lipinski definition) is 4. The Morgan fingerprint density at radius 2 is 1.70 bits per heavy atom. The van der Waals surface area contributed by atoms with Gasteiger partial charge in [-0.2, -0.15) is 0 Å². The molecule has 0 saturated heterocycles. The normalized spacial score (nSPS) is 10.3. The Bertz CT molecular complexity index is 522. The van der Waals surface area contributed by atoms with Crippen molar-refractivity contribution in [1.29, 1.82) is 0 Å². The number of nitrogens with zero attached hydrogens (tertiary/aromatic N) is 2. The van der Waals surface area contributed by atoms with Gasteiger partial charge in [0.25, 0.3) is 0 Å². The molecular formula is C16H22N4. The fraction of sp³-hybridized carbons (Fsp3) is 0.375. The Morgan fingerprint density at radius 1 is 1.00 bits per heavy atom. The molecule has 0 saturated carbocycles. The summed E-state index contributed by atoms with van der Waals surface area (Å²) in [6, 6.07) is 10.4. The first-order valence-electron chi connectivity index (χ1n) is 7.13. The van der Waals surface area contributed by atoms with Crippen LogP contribution in [0.15, 0.2) is 36.7 Å². The molecule has 0 atom stereocenters. The van der Waals surface area contributed by atoms with Gasteiger partial charge >= 0.3 is 0 Å². The summed E-state index contributed by atoms with van der Waals surface area (Å²) in [6.45, 7) is 5.99. The van der Waals surface area contributed by atoms with Crippen LogP contribution >= 0.6 is 0 Å². The number of hydrogen-bond donors (Lipinski definition) is 2. The molecule has 1 aromatic carbocycles. The predicted octanol–water partition coefficient (Wildman–Crippen LogP) is 3.61. The average Bonchev–Trinajstić information content (AvgIpc) is 2.47. The lowest BCUT2D eigenvalue weighted by atomic mass is 10.1. The molecule has 0 radical (unpaired) electrons. The summed E-state index contributed by atoms with van der Waals surface area (Å²) in [4.78, 5) is 8.45. The molecule has 2 rings (SSSR count). The Labute approximate surface area is 120 Å². The second-order valence-corrected chi connectivity index (χ2v) is 4.91. The van der Waals surface area contributed by atoms with E-state index in [0.29, 0.717) is 0 Å². The predicted molar refractivity (Wildman–Crippen MR) is 83.9 cm³/mol. The lowest BCUT2D eigenvalue weighted by Gasteiger charge is -2.08. The summed E-state index contributed by atoms with van der Waals surface area (Å²) in [7, 11) is 0. The van der Waals surface area contributed by atoms with Crippen molar-refractivity contribution in [3.8, 4) is 0 Å². The highest BCUT2D eigenvalue weighted by molar-refractivity contribution is 5.46. The highest BCUT2D eigenvalue weighted by Crippen LogP contribution is 2.11. The van der Waals surface area contributed by atoms with Gasteiger partial charge in [-0.15, -0.1) is 0 Å². The number of nitrogens with one attached hydrogen (secondary N) is 2. The minimum atomic E-state index is 0.770. The Morgan fingerprint density at radius 3 is 2.40 bits per heavy atom. The van der Waals surface area contributed by atoms with Gasteiger partial charge in [0.1, 0.15) is 18.0 Å². The topological polar surface area (TPSA) is 49.8 Å². The molecular weight excluding hydrogens is 248 g/mol. The summed E-state index contributed by atoms with van der Waals surface area (Å²) in [5.74, 6) is 1.72. The molecule has 2 aromatic rings. The molecule has 4 nitrogen and oxygen atoms in total. The van der Waals surface area contributed by atoms with Crippen molar-refractivity contribution in [1.82, 2.24) is 9.97 Å². The smallest absolute Gasteiger partial charge is 0.131 e. The highest BCUT2D eigenvalue weighted by Gasteiger charge is 1.98. The molecule has 0 unspecified atom stereocenters. The third-order valence-corrected chi connectivity index (χ3v) is 3.10. The van der Waals surface area contributed by atoms with Gasteiger partial charge in [0, 0.05) is 19.2 Å². The molecule has 0 amide bonds. The number of aromatic nitrogens is 2. The van der Waals surface area contributed by atoms with E-state index in [2.05, 4.69) is 58.7 Å². The Kier molecular flexibility index (Phi) is 5.35. The van der Waals surface area contributed by atoms with Gasteiger partial charge in [-0.25, -0.2) is 9.97 Å². The maximum absolute atomic E-state index is 4.24. The van der Waals surface area contributed by atoms with E-state index in [1.54, 1.807) is 6.33 Å². The quantitative estimate of drug-likeness (QED) is 0.755. The first kappa shape index (κ1) is 14.3. The third-order valence-electron chi connectivity index (χ3n) is 3.10. The fourth-order valence-corrected chi connectivity index (χ4v) is 1.84. The number of anilines is 2. The van der Waals surface area contributed by atoms with Crippen LogP contribution in [0.5, 0.6) is 0 Å². The van der Waals surface area contributed by atoms with E-state index in [4.69, 9.17) is 0 Å². The minimum Gasteiger partial charge on any atom is -0.370 e. The van der Waals surface area contributed by atoms with Gasteiger partial charge < -0.3 is 10.6 Å². The fourth-order valence-electron chi connectivity index (χ4n) is 1.84. The van der Waals surface area contributed by atoms with E-state index in [0.717, 1.165) is 31.1 Å². The lowest BCUT2D eigenvalue weighted by molar-refractivity contribution is 0.830. The van der Waals surface area contributed by atoms with Crippen molar-refractivity contribution >= 4 is 11.6 Å². The van der Waals surface area contributed by atoms with Crippen LogP contribution in [0, 0.1) is 6.92 Å². The summed E-state index contributed by atoms with van der Waals surface area (Å²) >= 11 is 0. The number of unbranched alkanes of at least 4 members (excludes halogenated alkanes) is 1. The maximum atomic E-state index is 4.24. The van der Waals surface area contributed by atoms with E-state index in [-0.39, 0.29) is 0 Å². The Balaban J connectivity index is 1.89. The maximum Gasteiger partial charge on any atom is 0.131 e. The Hall–Kier alpha value is -2.10. The van der Waals surface area contributed by atoms with Crippen LogP contribution in [0.1, 0.15) is 30.9 Å². The zero-order valence-electron chi connectivity index (χ0n) is 12.2. The van der Waals surface area contributed by atoms with Crippen molar-refractivity contribution in [3.63, 3.8) is 0 Å². The van der Waals surface area contributed by atoms with Gasteiger partial charge in [0.05, 0.1) is 0 Å². The summed E-state index contributed by atoms with van der Waals surface area (Å²) in [5, 5.41) is 6.62. The summed E-state index contributed by atoms with van der Waals surface area (Å²) < 4.78 is 0. The SMILES string of the molecule is CCCCNc1cc(NCc2ccc(C)cc2)ncn1. The van der Waals surface area contributed by atoms with Crippen LogP contribution in [0.2, 0.25) is 0 Å². The van der Waals surface area contributed by atoms with Gasteiger partial charge in [-0.05, 0) is 18.9 Å². The molecule has 20 heavy (non-hydrogen) atoms. The standard InChI is InChI=1S/C16H22N4/c1-3-4-9-17-15-10-16(20-12-19-15)18-11-14-7-5-13(2)6-8-14/h5-8,10,12H,3-4,9,11H2,1-2H3,(H2,17,18,19,20). The second-order valence-electron chi connectivity index (χ2n) is 4.91. The molecule has 0 spiro atoms. The van der Waals surface area contributed by atoms with E-state index in [9.17, 15) is 0 Å². The van der Waals surface area contributed by atoms with Crippen molar-refractivity contribution in [2.45, 2.75) is 33.2 Å². The molecule has 1 aromatic heterocycles. The van der Waals surface area contributed by atoms with Crippen LogP contribution < -0.4 is 10.6 Å². The first-order chi connectivity index (χ1) is 9.78. The molecule has 0 aliphatic heterocycles.